The van der Waals surface area contributed by atoms with Crippen molar-refractivity contribution in [1.82, 2.24) is 5.32 Å². The van der Waals surface area contributed by atoms with E-state index in [0.717, 1.165) is 21.0 Å². The van der Waals surface area contributed by atoms with Crippen LogP contribution < -0.4 is 9.62 Å². The highest BCUT2D eigenvalue weighted by Gasteiger charge is 2.28. The van der Waals surface area contributed by atoms with Gasteiger partial charge in [-0.1, -0.05) is 66.2 Å². The predicted octanol–water partition coefficient (Wildman–Crippen LogP) is 3.83. The SMILES string of the molecule is Cc1ccc(S(=O)(=O)N(CC(=O)NCCOCc2ccccc2)c2ccccc2C)cc1. The van der Waals surface area contributed by atoms with E-state index in [4.69, 9.17) is 4.74 Å². The summed E-state index contributed by atoms with van der Waals surface area (Å²) in [5.74, 6) is -0.396. The van der Waals surface area contributed by atoms with Crippen molar-refractivity contribution in [3.05, 3.63) is 95.6 Å². The highest BCUT2D eigenvalue weighted by atomic mass is 32.2. The Morgan fingerprint density at radius 2 is 1.56 bits per heavy atom. The molecule has 3 aromatic rings. The number of sulfonamides is 1. The van der Waals surface area contributed by atoms with E-state index in [1.54, 1.807) is 36.4 Å². The molecule has 1 amide bonds. The number of aryl methyl sites for hydroxylation is 2. The maximum absolute atomic E-state index is 13.4. The number of benzene rings is 3. The van der Waals surface area contributed by atoms with Gasteiger partial charge in [0.25, 0.3) is 10.0 Å². The minimum Gasteiger partial charge on any atom is -0.375 e. The number of anilines is 1. The zero-order chi connectivity index (χ0) is 23.0. The minimum atomic E-state index is -3.92. The van der Waals surface area contributed by atoms with Gasteiger partial charge >= 0.3 is 0 Å². The van der Waals surface area contributed by atoms with Gasteiger partial charge in [0.15, 0.2) is 0 Å². The van der Waals surface area contributed by atoms with E-state index in [1.807, 2.05) is 56.3 Å². The number of rotatable bonds is 10. The maximum Gasteiger partial charge on any atom is 0.264 e. The molecule has 168 valence electrons. The largest absolute Gasteiger partial charge is 0.375 e. The van der Waals surface area contributed by atoms with Crippen LogP contribution in [0.15, 0.2) is 83.8 Å². The number of nitrogens with zero attached hydrogens (tertiary/aromatic N) is 1. The average Bonchev–Trinajstić information content (AvgIpc) is 2.79. The molecular formula is C25H28N2O4S. The third-order valence-corrected chi connectivity index (χ3v) is 6.73. The van der Waals surface area contributed by atoms with E-state index in [1.165, 1.54) is 0 Å². The number of carbonyl (C=O) groups excluding carboxylic acids is 1. The fraction of sp³-hybridized carbons (Fsp3) is 0.240. The summed E-state index contributed by atoms with van der Waals surface area (Å²) in [4.78, 5) is 12.8. The van der Waals surface area contributed by atoms with Gasteiger partial charge in [0.05, 0.1) is 23.8 Å². The summed E-state index contributed by atoms with van der Waals surface area (Å²) in [5.41, 5.74) is 3.25. The molecule has 0 atom stereocenters. The Morgan fingerprint density at radius 1 is 0.906 bits per heavy atom. The normalized spacial score (nSPS) is 11.2. The Balaban J connectivity index is 1.67. The fourth-order valence-corrected chi connectivity index (χ4v) is 4.68. The molecule has 0 aliphatic heterocycles. The first-order valence-electron chi connectivity index (χ1n) is 10.4. The van der Waals surface area contributed by atoms with Crippen LogP contribution in [0.1, 0.15) is 16.7 Å². The van der Waals surface area contributed by atoms with Crippen LogP contribution in [0.5, 0.6) is 0 Å². The van der Waals surface area contributed by atoms with Gasteiger partial charge in [0, 0.05) is 6.54 Å². The lowest BCUT2D eigenvalue weighted by Crippen LogP contribution is -2.42. The van der Waals surface area contributed by atoms with Crippen molar-refractivity contribution >= 4 is 21.6 Å². The molecule has 7 heteroatoms. The van der Waals surface area contributed by atoms with Gasteiger partial charge in [0.2, 0.25) is 5.91 Å². The molecule has 0 heterocycles. The number of ether oxygens (including phenoxy) is 1. The number of hydrogen-bond donors (Lipinski definition) is 1. The topological polar surface area (TPSA) is 75.7 Å². The van der Waals surface area contributed by atoms with Gasteiger partial charge in [-0.2, -0.15) is 0 Å². The first-order chi connectivity index (χ1) is 15.4. The summed E-state index contributed by atoms with van der Waals surface area (Å²) in [7, 11) is -3.92. The lowest BCUT2D eigenvalue weighted by molar-refractivity contribution is -0.119. The fourth-order valence-electron chi connectivity index (χ4n) is 3.19. The highest BCUT2D eigenvalue weighted by molar-refractivity contribution is 7.92. The van der Waals surface area contributed by atoms with Crippen molar-refractivity contribution < 1.29 is 17.9 Å². The Hall–Kier alpha value is -3.16. The second-order valence-corrected chi connectivity index (χ2v) is 9.36. The molecule has 6 nitrogen and oxygen atoms in total. The van der Waals surface area contributed by atoms with Gasteiger partial charge in [-0.15, -0.1) is 0 Å². The molecule has 0 bridgehead atoms. The molecule has 3 rings (SSSR count). The summed E-state index contributed by atoms with van der Waals surface area (Å²) in [6, 6.07) is 23.5. The Bertz CT molecular complexity index is 1130. The second-order valence-electron chi connectivity index (χ2n) is 7.50. The average molecular weight is 453 g/mol. The van der Waals surface area contributed by atoms with Gasteiger partial charge in [-0.3, -0.25) is 9.10 Å². The molecule has 0 saturated heterocycles. The molecule has 0 aliphatic rings. The molecule has 0 unspecified atom stereocenters. The van der Waals surface area contributed by atoms with E-state index >= 15 is 0 Å². The van der Waals surface area contributed by atoms with Gasteiger partial charge < -0.3 is 10.1 Å². The molecule has 0 saturated carbocycles. The summed E-state index contributed by atoms with van der Waals surface area (Å²) in [6.45, 7) is 4.46. The third kappa shape index (κ3) is 6.18. The van der Waals surface area contributed by atoms with E-state index in [9.17, 15) is 13.2 Å². The van der Waals surface area contributed by atoms with Crippen LogP contribution in [0.25, 0.3) is 0 Å². The minimum absolute atomic E-state index is 0.144. The first-order valence-corrected chi connectivity index (χ1v) is 11.9. The Kier molecular flexibility index (Phi) is 8.03. The molecule has 0 aliphatic carbocycles. The molecule has 32 heavy (non-hydrogen) atoms. The van der Waals surface area contributed by atoms with Crippen molar-refractivity contribution in [3.8, 4) is 0 Å². The lowest BCUT2D eigenvalue weighted by atomic mass is 10.2. The van der Waals surface area contributed by atoms with Crippen LogP contribution in [-0.2, 0) is 26.2 Å². The van der Waals surface area contributed by atoms with Crippen LogP contribution in [0.2, 0.25) is 0 Å². The number of carbonyl (C=O) groups is 1. The smallest absolute Gasteiger partial charge is 0.264 e. The number of hydrogen-bond acceptors (Lipinski definition) is 4. The van der Waals surface area contributed by atoms with Crippen LogP contribution in [0, 0.1) is 13.8 Å². The van der Waals surface area contributed by atoms with Crippen LogP contribution in [0.3, 0.4) is 0 Å². The van der Waals surface area contributed by atoms with Crippen LogP contribution in [-0.4, -0.2) is 34.0 Å². The van der Waals surface area contributed by atoms with Gasteiger partial charge in [-0.25, -0.2) is 8.42 Å². The Morgan fingerprint density at radius 3 is 2.25 bits per heavy atom. The number of para-hydroxylation sites is 1. The quantitative estimate of drug-likeness (QED) is 0.475. The van der Waals surface area contributed by atoms with Crippen molar-refractivity contribution in [1.29, 1.82) is 0 Å². The predicted molar refractivity (Wildman–Crippen MR) is 126 cm³/mol. The molecule has 0 spiro atoms. The van der Waals surface area contributed by atoms with Gasteiger partial charge in [-0.05, 0) is 43.2 Å². The highest BCUT2D eigenvalue weighted by Crippen LogP contribution is 2.26. The first kappa shape index (κ1) is 23.5. The molecular weight excluding hydrogens is 424 g/mol. The van der Waals surface area contributed by atoms with Crippen molar-refractivity contribution in [3.63, 3.8) is 0 Å². The zero-order valence-corrected chi connectivity index (χ0v) is 19.1. The summed E-state index contributed by atoms with van der Waals surface area (Å²) in [6.07, 6.45) is 0. The summed E-state index contributed by atoms with van der Waals surface area (Å²) >= 11 is 0. The van der Waals surface area contributed by atoms with E-state index in [0.29, 0.717) is 18.9 Å². The molecule has 0 aromatic heterocycles. The Labute approximate surface area is 189 Å². The molecule has 3 aromatic carbocycles. The second kappa shape index (κ2) is 10.9. The van der Waals surface area contributed by atoms with Crippen LogP contribution >= 0.6 is 0 Å². The lowest BCUT2D eigenvalue weighted by Gasteiger charge is -2.25. The van der Waals surface area contributed by atoms with Crippen molar-refractivity contribution in [2.24, 2.45) is 0 Å². The maximum atomic E-state index is 13.4. The third-order valence-electron chi connectivity index (χ3n) is 4.96. The molecule has 1 N–H and O–H groups in total. The standard InChI is InChI=1S/C25H28N2O4S/c1-20-12-14-23(15-13-20)32(29,30)27(24-11-7-6-8-21(24)2)18-25(28)26-16-17-31-19-22-9-4-3-5-10-22/h3-15H,16-19H2,1-2H3,(H,26,28). The van der Waals surface area contributed by atoms with E-state index in [2.05, 4.69) is 5.32 Å². The van der Waals surface area contributed by atoms with E-state index in [-0.39, 0.29) is 18.0 Å². The van der Waals surface area contributed by atoms with E-state index < -0.39 is 15.9 Å². The zero-order valence-electron chi connectivity index (χ0n) is 18.3. The summed E-state index contributed by atoms with van der Waals surface area (Å²) < 4.78 is 33.5. The molecule has 0 fully saturated rings. The van der Waals surface area contributed by atoms with Crippen molar-refractivity contribution in [2.75, 3.05) is 24.0 Å². The monoisotopic (exact) mass is 452 g/mol. The molecule has 0 radical (unpaired) electrons. The van der Waals surface area contributed by atoms with Crippen LogP contribution in [0.4, 0.5) is 5.69 Å². The number of nitrogens with one attached hydrogen (secondary N) is 1. The summed E-state index contributed by atoms with van der Waals surface area (Å²) in [5, 5.41) is 2.75. The van der Waals surface area contributed by atoms with Crippen molar-refractivity contribution in [2.45, 2.75) is 25.3 Å². The number of amides is 1. The van der Waals surface area contributed by atoms with Gasteiger partial charge in [0.1, 0.15) is 6.54 Å².